The van der Waals surface area contributed by atoms with E-state index < -0.39 is 29.3 Å². The molecule has 0 aliphatic rings. The molecule has 0 unspecified atom stereocenters. The van der Waals surface area contributed by atoms with E-state index in [1.807, 2.05) is 0 Å². The molecule has 2 heterocycles. The third kappa shape index (κ3) is 2.99. The molecule has 3 N–H and O–H groups in total. The average Bonchev–Trinajstić information content (AvgIpc) is 2.38. The van der Waals surface area contributed by atoms with Crippen LogP contribution < -0.4 is 11.1 Å². The third-order valence-electron chi connectivity index (χ3n) is 2.21. The Bertz CT molecular complexity index is 630. The van der Waals surface area contributed by atoms with Gasteiger partial charge in [-0.15, -0.1) is 0 Å². The fourth-order valence-electron chi connectivity index (χ4n) is 1.33. The summed E-state index contributed by atoms with van der Waals surface area (Å²) in [5, 5.41) is 2.34. The first kappa shape index (κ1) is 13.7. The fourth-order valence-corrected chi connectivity index (χ4v) is 1.33. The molecule has 2 aromatic rings. The molecule has 1 amide bonds. The first-order chi connectivity index (χ1) is 9.38. The van der Waals surface area contributed by atoms with Crippen molar-refractivity contribution in [2.45, 2.75) is 6.18 Å². The van der Waals surface area contributed by atoms with Gasteiger partial charge in [-0.05, 0) is 12.1 Å². The number of nitrogens with one attached hydrogen (secondary N) is 1. The smallest absolute Gasteiger partial charge is 0.382 e. The number of hydrogen-bond donors (Lipinski definition) is 2. The molecule has 9 heteroatoms. The molecule has 0 atom stereocenters. The number of nitrogens with zero attached hydrogens (tertiary/aromatic N) is 3. The fraction of sp³-hybridized carbons (Fsp3) is 0.0909. The molecule has 6 nitrogen and oxygen atoms in total. The summed E-state index contributed by atoms with van der Waals surface area (Å²) in [5.41, 5.74) is 3.66. The molecule has 0 spiro atoms. The lowest BCUT2D eigenvalue weighted by molar-refractivity contribution is -0.141. The summed E-state index contributed by atoms with van der Waals surface area (Å²) in [6.07, 6.45) is -2.78. The van der Waals surface area contributed by atoms with E-state index in [0.29, 0.717) is 6.20 Å². The summed E-state index contributed by atoms with van der Waals surface area (Å²) in [4.78, 5) is 22.1. The molecule has 0 saturated heterocycles. The lowest BCUT2D eigenvalue weighted by Crippen LogP contribution is -2.19. The van der Waals surface area contributed by atoms with Gasteiger partial charge in [0.25, 0.3) is 5.91 Å². The van der Waals surface area contributed by atoms with E-state index in [2.05, 4.69) is 20.3 Å². The molecular formula is C11H8F3N5O. The molecule has 0 radical (unpaired) electrons. The van der Waals surface area contributed by atoms with Crippen molar-refractivity contribution in [1.29, 1.82) is 0 Å². The molecule has 20 heavy (non-hydrogen) atoms. The third-order valence-corrected chi connectivity index (χ3v) is 2.21. The lowest BCUT2D eigenvalue weighted by Gasteiger charge is -2.08. The topological polar surface area (TPSA) is 93.8 Å². The number of amides is 1. The largest absolute Gasteiger partial charge is 0.434 e. The lowest BCUT2D eigenvalue weighted by atomic mass is 10.3. The highest BCUT2D eigenvalue weighted by Gasteiger charge is 2.34. The number of carbonyl (C=O) groups excluding carboxylic acids is 1. The predicted octanol–water partition coefficient (Wildman–Crippen LogP) is 1.72. The molecule has 0 aliphatic carbocycles. The van der Waals surface area contributed by atoms with Crippen LogP contribution in [-0.2, 0) is 6.18 Å². The van der Waals surface area contributed by atoms with E-state index in [1.165, 1.54) is 12.3 Å². The van der Waals surface area contributed by atoms with Crippen LogP contribution in [0.25, 0.3) is 0 Å². The van der Waals surface area contributed by atoms with Crippen LogP contribution in [0.15, 0.2) is 30.6 Å². The van der Waals surface area contributed by atoms with Gasteiger partial charge in [0.15, 0.2) is 17.2 Å². The number of alkyl halides is 3. The number of nitrogens with two attached hydrogens (primary N) is 1. The standard InChI is InChI=1S/C11H8F3N5O/c12-11(13,14)6-5-17-8(9(15)18-6)10(20)19-7-3-1-2-4-16-7/h1-5H,(H2,15,18)(H,16,19,20). The van der Waals surface area contributed by atoms with E-state index in [1.54, 1.807) is 12.1 Å². The zero-order valence-corrected chi connectivity index (χ0v) is 9.85. The van der Waals surface area contributed by atoms with Crippen molar-refractivity contribution < 1.29 is 18.0 Å². The zero-order chi connectivity index (χ0) is 14.8. The number of anilines is 2. The Morgan fingerprint density at radius 1 is 1.25 bits per heavy atom. The summed E-state index contributed by atoms with van der Waals surface area (Å²) >= 11 is 0. The van der Waals surface area contributed by atoms with Crippen molar-refractivity contribution >= 4 is 17.5 Å². The summed E-state index contributed by atoms with van der Waals surface area (Å²) in [6.45, 7) is 0. The van der Waals surface area contributed by atoms with E-state index in [4.69, 9.17) is 5.73 Å². The molecule has 2 aromatic heterocycles. The Morgan fingerprint density at radius 3 is 2.55 bits per heavy atom. The number of nitrogen functional groups attached to an aromatic ring is 1. The first-order valence-corrected chi connectivity index (χ1v) is 5.30. The number of carbonyl (C=O) groups is 1. The second kappa shape index (κ2) is 5.11. The number of rotatable bonds is 2. The predicted molar refractivity (Wildman–Crippen MR) is 63.6 cm³/mol. The number of halogens is 3. The van der Waals surface area contributed by atoms with Crippen LogP contribution in [0.2, 0.25) is 0 Å². The minimum Gasteiger partial charge on any atom is -0.382 e. The first-order valence-electron chi connectivity index (χ1n) is 5.30. The Labute approximate surface area is 110 Å². The van der Waals surface area contributed by atoms with Gasteiger partial charge in [0.05, 0.1) is 6.20 Å². The summed E-state index contributed by atoms with van der Waals surface area (Å²) in [5.74, 6) is -1.17. The van der Waals surface area contributed by atoms with Crippen LogP contribution in [0, 0.1) is 0 Å². The summed E-state index contributed by atoms with van der Waals surface area (Å²) < 4.78 is 37.1. The second-order valence-corrected chi connectivity index (χ2v) is 3.66. The quantitative estimate of drug-likeness (QED) is 0.875. The zero-order valence-electron chi connectivity index (χ0n) is 9.85. The van der Waals surface area contributed by atoms with Gasteiger partial charge in [0.1, 0.15) is 5.82 Å². The molecule has 2 rings (SSSR count). The Hall–Kier alpha value is -2.71. The molecule has 0 fully saturated rings. The van der Waals surface area contributed by atoms with Gasteiger partial charge in [-0.2, -0.15) is 13.2 Å². The maximum absolute atomic E-state index is 12.4. The number of pyridine rings is 1. The minimum atomic E-state index is -4.67. The molecule has 104 valence electrons. The van der Waals surface area contributed by atoms with E-state index >= 15 is 0 Å². The van der Waals surface area contributed by atoms with Crippen molar-refractivity contribution in [2.75, 3.05) is 11.1 Å². The SMILES string of the molecule is Nc1nc(C(F)(F)F)cnc1C(=O)Nc1ccccn1. The van der Waals surface area contributed by atoms with Crippen LogP contribution >= 0.6 is 0 Å². The van der Waals surface area contributed by atoms with Crippen LogP contribution in [0.3, 0.4) is 0 Å². The van der Waals surface area contributed by atoms with Gasteiger partial charge in [-0.25, -0.2) is 15.0 Å². The highest BCUT2D eigenvalue weighted by molar-refractivity contribution is 6.05. The van der Waals surface area contributed by atoms with Gasteiger partial charge >= 0.3 is 6.18 Å². The van der Waals surface area contributed by atoms with Gasteiger partial charge < -0.3 is 11.1 Å². The van der Waals surface area contributed by atoms with Crippen molar-refractivity contribution in [2.24, 2.45) is 0 Å². The Kier molecular flexibility index (Phi) is 3.51. The Morgan fingerprint density at radius 2 is 2.00 bits per heavy atom. The van der Waals surface area contributed by atoms with Gasteiger partial charge in [-0.1, -0.05) is 6.07 Å². The van der Waals surface area contributed by atoms with E-state index in [9.17, 15) is 18.0 Å². The van der Waals surface area contributed by atoms with Crippen LogP contribution in [-0.4, -0.2) is 20.9 Å². The molecule has 0 bridgehead atoms. The molecule has 0 aliphatic heterocycles. The van der Waals surface area contributed by atoms with Crippen molar-refractivity contribution in [3.8, 4) is 0 Å². The van der Waals surface area contributed by atoms with Crippen LogP contribution in [0.1, 0.15) is 16.2 Å². The average molecular weight is 283 g/mol. The minimum absolute atomic E-state index is 0.221. The van der Waals surface area contributed by atoms with Crippen molar-refractivity contribution in [1.82, 2.24) is 15.0 Å². The van der Waals surface area contributed by atoms with Gasteiger partial charge in [0.2, 0.25) is 0 Å². The Balaban J connectivity index is 2.23. The normalized spacial score (nSPS) is 11.2. The van der Waals surface area contributed by atoms with Crippen LogP contribution in [0.4, 0.5) is 24.8 Å². The van der Waals surface area contributed by atoms with E-state index in [-0.39, 0.29) is 5.82 Å². The highest BCUT2D eigenvalue weighted by Crippen LogP contribution is 2.27. The highest BCUT2D eigenvalue weighted by atomic mass is 19.4. The number of hydrogen-bond acceptors (Lipinski definition) is 5. The van der Waals surface area contributed by atoms with Crippen molar-refractivity contribution in [3.05, 3.63) is 42.0 Å². The molecule has 0 aromatic carbocycles. The number of aromatic nitrogens is 3. The summed E-state index contributed by atoms with van der Waals surface area (Å²) in [7, 11) is 0. The maximum Gasteiger partial charge on any atom is 0.434 e. The van der Waals surface area contributed by atoms with Crippen molar-refractivity contribution in [3.63, 3.8) is 0 Å². The maximum atomic E-state index is 12.4. The molecule has 0 saturated carbocycles. The van der Waals surface area contributed by atoms with Gasteiger partial charge in [-0.3, -0.25) is 4.79 Å². The molecular weight excluding hydrogens is 275 g/mol. The van der Waals surface area contributed by atoms with Crippen LogP contribution in [0.5, 0.6) is 0 Å². The second-order valence-electron chi connectivity index (χ2n) is 3.66. The summed E-state index contributed by atoms with van der Waals surface area (Å²) in [6, 6.07) is 4.78. The van der Waals surface area contributed by atoms with Gasteiger partial charge in [0, 0.05) is 6.20 Å². The monoisotopic (exact) mass is 283 g/mol. The van der Waals surface area contributed by atoms with E-state index in [0.717, 1.165) is 0 Å².